The summed E-state index contributed by atoms with van der Waals surface area (Å²) in [6, 6.07) is 8.03. The van der Waals surface area contributed by atoms with Crippen molar-refractivity contribution in [2.24, 2.45) is 23.2 Å². The van der Waals surface area contributed by atoms with E-state index in [1.165, 1.54) is 0 Å². The number of carbonyl (C=O) groups is 2. The Kier molecular flexibility index (Phi) is 11.2. The van der Waals surface area contributed by atoms with E-state index in [0.717, 1.165) is 26.4 Å². The van der Waals surface area contributed by atoms with Gasteiger partial charge in [0.05, 0.1) is 17.2 Å². The Morgan fingerprint density at radius 1 is 1.24 bits per heavy atom. The number of halogens is 1. The van der Waals surface area contributed by atoms with Crippen molar-refractivity contribution in [1.82, 2.24) is 0 Å². The maximum absolute atomic E-state index is 13.3. The van der Waals surface area contributed by atoms with Gasteiger partial charge in [0, 0.05) is 45.2 Å². The van der Waals surface area contributed by atoms with Crippen LogP contribution in [0.4, 0.5) is 0 Å². The topological polar surface area (TPSA) is 83.8 Å². The summed E-state index contributed by atoms with van der Waals surface area (Å²) in [5.74, 6) is -0.673. The molecule has 1 aliphatic rings. The van der Waals surface area contributed by atoms with E-state index in [2.05, 4.69) is 6.07 Å². The number of hydrogen-bond acceptors (Lipinski definition) is 6. The summed E-state index contributed by atoms with van der Waals surface area (Å²) in [7, 11) is 0. The Bertz CT molecular complexity index is 1150. The molecule has 208 valence electrons. The van der Waals surface area contributed by atoms with Gasteiger partial charge in [0.1, 0.15) is 5.78 Å². The second-order valence-electron chi connectivity index (χ2n) is 11.0. The van der Waals surface area contributed by atoms with E-state index in [1.54, 1.807) is 17.4 Å². The number of ether oxygens (including phenoxy) is 1. The first kappa shape index (κ1) is 30.6. The van der Waals surface area contributed by atoms with E-state index in [4.69, 9.17) is 16.3 Å². The van der Waals surface area contributed by atoms with Gasteiger partial charge in [-0.2, -0.15) is 0 Å². The van der Waals surface area contributed by atoms with Crippen molar-refractivity contribution < 1.29 is 24.5 Å². The van der Waals surface area contributed by atoms with Crippen LogP contribution in [-0.4, -0.2) is 40.8 Å². The Hall–Kier alpha value is -1.99. The zero-order valence-electron chi connectivity index (χ0n) is 22.9. The van der Waals surface area contributed by atoms with Crippen molar-refractivity contribution in [2.45, 2.75) is 78.4 Å². The third-order valence-corrected chi connectivity index (χ3v) is 9.30. The van der Waals surface area contributed by atoms with E-state index < -0.39 is 11.5 Å². The third-order valence-electron chi connectivity index (χ3n) is 7.52. The highest BCUT2D eigenvalue weighted by Crippen LogP contribution is 2.49. The van der Waals surface area contributed by atoms with Crippen molar-refractivity contribution in [3.63, 3.8) is 0 Å². The van der Waals surface area contributed by atoms with Gasteiger partial charge in [0.25, 0.3) is 0 Å². The lowest BCUT2D eigenvalue weighted by Crippen LogP contribution is -2.29. The molecule has 7 heteroatoms. The Morgan fingerprint density at radius 2 is 1.97 bits per heavy atom. The number of benzene rings is 1. The summed E-state index contributed by atoms with van der Waals surface area (Å²) in [5, 5.41) is 22.7. The second-order valence-corrected chi connectivity index (χ2v) is 12.5. The molecule has 1 aromatic heterocycles. The fraction of sp³-hybridized carbons (Fsp3) is 0.548. The predicted molar refractivity (Wildman–Crippen MR) is 155 cm³/mol. The average molecular weight is 561 g/mol. The van der Waals surface area contributed by atoms with Crippen LogP contribution in [0.1, 0.15) is 64.7 Å². The lowest BCUT2D eigenvalue weighted by Gasteiger charge is -2.26. The lowest BCUT2D eigenvalue weighted by atomic mass is 9.78. The van der Waals surface area contributed by atoms with Gasteiger partial charge in [0.15, 0.2) is 0 Å². The first-order valence-corrected chi connectivity index (χ1v) is 14.8. The molecule has 0 spiro atoms. The third kappa shape index (κ3) is 7.56. The van der Waals surface area contributed by atoms with Gasteiger partial charge in [-0.1, -0.05) is 68.0 Å². The number of ketones is 1. The number of fused-ring (bicyclic) bond motifs is 1. The summed E-state index contributed by atoms with van der Waals surface area (Å²) in [4.78, 5) is 26.0. The van der Waals surface area contributed by atoms with E-state index in [-0.39, 0.29) is 42.2 Å². The first-order valence-electron chi connectivity index (χ1n) is 13.6. The molecule has 0 bridgehead atoms. The molecule has 38 heavy (non-hydrogen) atoms. The molecule has 5 nitrogen and oxygen atoms in total. The van der Waals surface area contributed by atoms with Crippen LogP contribution >= 0.6 is 22.9 Å². The number of esters is 1. The molecule has 3 rings (SSSR count). The molecular formula is C31H41ClO5S. The minimum absolute atomic E-state index is 0.0839. The molecule has 1 heterocycles. The summed E-state index contributed by atoms with van der Waals surface area (Å²) in [6.07, 6.45) is 10.5. The number of Topliss-reactive ketones (excluding diaryl/α,β-unsaturated/α-hetero) is 1. The number of carbonyl (C=O) groups excluding carboxylic acids is 2. The van der Waals surface area contributed by atoms with E-state index in [9.17, 15) is 19.8 Å². The number of aryl methyl sites for hydroxylation is 1. The average Bonchev–Trinajstić information content (AvgIpc) is 3.28. The molecule has 1 fully saturated rings. The fourth-order valence-electron chi connectivity index (χ4n) is 5.38. The van der Waals surface area contributed by atoms with Gasteiger partial charge in [-0.15, -0.1) is 11.3 Å². The number of thiophene rings is 1. The van der Waals surface area contributed by atoms with E-state index >= 15 is 0 Å². The molecule has 0 aliphatic heterocycles. The highest BCUT2D eigenvalue weighted by molar-refractivity contribution is 7.19. The smallest absolute Gasteiger partial charge is 0.306 e. The van der Waals surface area contributed by atoms with Crippen LogP contribution in [0.5, 0.6) is 0 Å². The first-order chi connectivity index (χ1) is 18.1. The van der Waals surface area contributed by atoms with Crippen molar-refractivity contribution in [2.75, 3.05) is 6.61 Å². The number of hydrogen-bond donors (Lipinski definition) is 2. The van der Waals surface area contributed by atoms with Crippen LogP contribution in [0, 0.1) is 23.2 Å². The molecule has 0 saturated heterocycles. The van der Waals surface area contributed by atoms with Crippen LogP contribution in [0.25, 0.3) is 10.1 Å². The summed E-state index contributed by atoms with van der Waals surface area (Å²) in [6.45, 7) is 7.40. The van der Waals surface area contributed by atoms with Gasteiger partial charge in [-0.05, 0) is 57.9 Å². The molecule has 2 N–H and O–H groups in total. The molecule has 2 aromatic rings. The van der Waals surface area contributed by atoms with E-state index in [1.807, 2.05) is 64.1 Å². The van der Waals surface area contributed by atoms with Crippen molar-refractivity contribution in [3.05, 3.63) is 58.5 Å². The van der Waals surface area contributed by atoms with Gasteiger partial charge in [0.2, 0.25) is 0 Å². The summed E-state index contributed by atoms with van der Waals surface area (Å²) >= 11 is 8.21. The van der Waals surface area contributed by atoms with Crippen LogP contribution in [-0.2, 0) is 20.7 Å². The zero-order chi connectivity index (χ0) is 27.9. The number of aliphatic hydroxyl groups is 2. The highest BCUT2D eigenvalue weighted by atomic mass is 35.5. The van der Waals surface area contributed by atoms with Crippen LogP contribution in [0.3, 0.4) is 0 Å². The Labute approximate surface area is 235 Å². The maximum atomic E-state index is 13.3. The SMILES string of the molecule is CC(C)OC(=O)CCCC=CCC1C(=O)C(C)(C)C(CO)C1C=CC(O)CCc1sc2ccccc2c1Cl. The molecule has 4 unspecified atom stereocenters. The number of aliphatic hydroxyl groups excluding tert-OH is 2. The van der Waals surface area contributed by atoms with Gasteiger partial charge >= 0.3 is 5.97 Å². The molecule has 1 saturated carbocycles. The normalized spacial score (nSPS) is 22.3. The minimum atomic E-state index is -0.670. The van der Waals surface area contributed by atoms with Crippen molar-refractivity contribution in [1.29, 1.82) is 0 Å². The number of rotatable bonds is 13. The number of allylic oxidation sites excluding steroid dienone is 3. The van der Waals surface area contributed by atoms with Gasteiger partial charge in [-0.3, -0.25) is 9.59 Å². The summed E-state index contributed by atoms with van der Waals surface area (Å²) < 4.78 is 6.30. The highest BCUT2D eigenvalue weighted by Gasteiger charge is 2.52. The van der Waals surface area contributed by atoms with Gasteiger partial charge in [-0.25, -0.2) is 0 Å². The lowest BCUT2D eigenvalue weighted by molar-refractivity contribution is -0.147. The Morgan fingerprint density at radius 3 is 2.66 bits per heavy atom. The van der Waals surface area contributed by atoms with E-state index in [0.29, 0.717) is 32.1 Å². The van der Waals surface area contributed by atoms with Crippen LogP contribution < -0.4 is 0 Å². The Balaban J connectivity index is 1.59. The van der Waals surface area contributed by atoms with Crippen LogP contribution in [0.15, 0.2) is 48.6 Å². The van der Waals surface area contributed by atoms with Crippen molar-refractivity contribution >= 4 is 44.8 Å². The zero-order valence-corrected chi connectivity index (χ0v) is 24.4. The van der Waals surface area contributed by atoms with Crippen LogP contribution in [0.2, 0.25) is 5.02 Å². The second kappa shape index (κ2) is 13.9. The number of unbranched alkanes of at least 4 members (excludes halogenated alkanes) is 1. The molecule has 4 atom stereocenters. The standard InChI is InChI=1S/C31H41ClO5S/c1-20(2)37-28(35)14-8-6-5-7-11-23-22(25(19-33)31(3,4)30(23)36)17-15-21(34)16-18-27-29(32)24-12-9-10-13-26(24)38-27/h5,7,9-10,12-13,15,17,20-23,25,33-34H,6,8,11,14,16,18-19H2,1-4H3. The molecular weight excluding hydrogens is 520 g/mol. The monoisotopic (exact) mass is 560 g/mol. The molecule has 0 amide bonds. The maximum Gasteiger partial charge on any atom is 0.306 e. The quantitative estimate of drug-likeness (QED) is 0.158. The van der Waals surface area contributed by atoms with Crippen molar-refractivity contribution in [3.8, 4) is 0 Å². The predicted octanol–water partition coefficient (Wildman–Crippen LogP) is 6.92. The van der Waals surface area contributed by atoms with Gasteiger partial charge < -0.3 is 14.9 Å². The molecule has 1 aliphatic carbocycles. The minimum Gasteiger partial charge on any atom is -0.463 e. The summed E-state index contributed by atoms with van der Waals surface area (Å²) in [5.41, 5.74) is -0.640. The molecule has 1 aromatic carbocycles. The largest absolute Gasteiger partial charge is 0.463 e. The fourth-order valence-corrected chi connectivity index (χ4v) is 6.93. The molecule has 0 radical (unpaired) electrons.